The number of anilines is 1. The number of para-hydroxylation sites is 1. The third kappa shape index (κ3) is 5.57. The quantitative estimate of drug-likeness (QED) is 0.179. The molecule has 0 saturated carbocycles. The number of rotatable bonds is 8. The van der Waals surface area contributed by atoms with Gasteiger partial charge in [-0.1, -0.05) is 43.8 Å². The van der Waals surface area contributed by atoms with E-state index >= 15 is 0 Å². The fourth-order valence-electron chi connectivity index (χ4n) is 3.97. The van der Waals surface area contributed by atoms with Crippen molar-refractivity contribution in [2.45, 2.75) is 50.9 Å². The molecule has 3 aromatic rings. The summed E-state index contributed by atoms with van der Waals surface area (Å²) in [4.78, 5) is 32.4. The van der Waals surface area contributed by atoms with Gasteiger partial charge in [0.25, 0.3) is 0 Å². The molecule has 9 nitrogen and oxygen atoms in total. The zero-order valence-corrected chi connectivity index (χ0v) is 23.4. The molecule has 1 aliphatic rings. The first kappa shape index (κ1) is 26.9. The molecule has 0 radical (unpaired) electrons. The lowest BCUT2D eigenvalue weighted by atomic mass is 10.1. The van der Waals surface area contributed by atoms with Crippen LogP contribution in [-0.2, 0) is 9.59 Å². The van der Waals surface area contributed by atoms with Crippen LogP contribution in [0.15, 0.2) is 46.0 Å². The van der Waals surface area contributed by atoms with Crippen molar-refractivity contribution in [3.05, 3.63) is 46.4 Å². The van der Waals surface area contributed by atoms with Crippen LogP contribution in [0, 0.1) is 0 Å². The van der Waals surface area contributed by atoms with E-state index in [1.54, 1.807) is 17.0 Å². The molecule has 0 aliphatic carbocycles. The first-order chi connectivity index (χ1) is 17.9. The number of carbonyl (C=O) groups excluding carboxylic acids is 2. The Balaban J connectivity index is 2.00. The number of methoxy groups -OCH3 is 1. The fraction of sp³-hybridized carbons (Fsp3) is 0.346. The predicted octanol–water partition coefficient (Wildman–Crippen LogP) is 5.96. The molecule has 1 aliphatic heterocycles. The van der Waals surface area contributed by atoms with Gasteiger partial charge in [-0.25, -0.2) is 0 Å². The van der Waals surface area contributed by atoms with E-state index in [0.29, 0.717) is 50.7 Å². The SMILES string of the molecule is CCCC(=O)Oc1c(Br)cc(OC)cc1[C@@H]1Oc2nc(SC)nnc2-c2ccccc2N1C(=O)CCC. The molecule has 0 N–H and O–H groups in total. The molecular weight excluding hydrogens is 560 g/mol. The van der Waals surface area contributed by atoms with E-state index in [1.807, 2.05) is 44.4 Å². The molecule has 37 heavy (non-hydrogen) atoms. The minimum atomic E-state index is -1.04. The van der Waals surface area contributed by atoms with Gasteiger partial charge in [-0.3, -0.25) is 14.5 Å². The smallest absolute Gasteiger partial charge is 0.311 e. The van der Waals surface area contributed by atoms with E-state index in [1.165, 1.54) is 18.9 Å². The Bertz CT molecular complexity index is 1320. The Morgan fingerprint density at radius 2 is 1.89 bits per heavy atom. The monoisotopic (exact) mass is 586 g/mol. The second-order valence-corrected chi connectivity index (χ2v) is 9.83. The van der Waals surface area contributed by atoms with Crippen LogP contribution in [0.25, 0.3) is 11.3 Å². The number of fused-ring (bicyclic) bond motifs is 3. The first-order valence-electron chi connectivity index (χ1n) is 11.9. The number of aromatic nitrogens is 3. The lowest BCUT2D eigenvalue weighted by molar-refractivity contribution is -0.134. The van der Waals surface area contributed by atoms with Gasteiger partial charge in [0.1, 0.15) is 5.75 Å². The molecule has 2 aromatic carbocycles. The van der Waals surface area contributed by atoms with E-state index in [4.69, 9.17) is 14.2 Å². The highest BCUT2D eigenvalue weighted by Crippen LogP contribution is 2.47. The summed E-state index contributed by atoms with van der Waals surface area (Å²) >= 11 is 4.85. The Hall–Kier alpha value is -3.18. The summed E-state index contributed by atoms with van der Waals surface area (Å²) in [5, 5.41) is 9.01. The number of benzene rings is 2. The van der Waals surface area contributed by atoms with Gasteiger partial charge in [-0.05, 0) is 53.2 Å². The molecule has 0 spiro atoms. The van der Waals surface area contributed by atoms with Gasteiger partial charge in [0.15, 0.2) is 11.4 Å². The average molecular weight is 587 g/mol. The molecular formula is C26H27BrN4O5S. The molecule has 2 heterocycles. The van der Waals surface area contributed by atoms with Crippen molar-refractivity contribution < 1.29 is 23.8 Å². The highest BCUT2D eigenvalue weighted by molar-refractivity contribution is 9.10. The molecule has 11 heteroatoms. The van der Waals surface area contributed by atoms with Crippen LogP contribution in [0.1, 0.15) is 51.3 Å². The van der Waals surface area contributed by atoms with Gasteiger partial charge in [0.05, 0.1) is 22.8 Å². The Morgan fingerprint density at radius 3 is 2.59 bits per heavy atom. The zero-order valence-electron chi connectivity index (χ0n) is 21.0. The number of thioether (sulfide) groups is 1. The van der Waals surface area contributed by atoms with Crippen LogP contribution in [0.3, 0.4) is 0 Å². The highest BCUT2D eigenvalue weighted by Gasteiger charge is 2.38. The first-order valence-corrected chi connectivity index (χ1v) is 13.9. The van der Waals surface area contributed by atoms with Gasteiger partial charge in [-0.2, -0.15) is 4.98 Å². The Kier molecular flexibility index (Phi) is 8.65. The zero-order chi connectivity index (χ0) is 26.5. The maximum atomic E-state index is 13.7. The molecule has 0 fully saturated rings. The number of hydrogen-bond acceptors (Lipinski definition) is 9. The van der Waals surface area contributed by atoms with Crippen molar-refractivity contribution in [1.82, 2.24) is 15.2 Å². The van der Waals surface area contributed by atoms with Crippen molar-refractivity contribution in [1.29, 1.82) is 0 Å². The Morgan fingerprint density at radius 1 is 1.14 bits per heavy atom. The maximum absolute atomic E-state index is 13.7. The summed E-state index contributed by atoms with van der Waals surface area (Å²) in [6.07, 6.45) is 2.57. The lowest BCUT2D eigenvalue weighted by Gasteiger charge is -2.32. The molecule has 4 rings (SSSR count). The summed E-state index contributed by atoms with van der Waals surface area (Å²) < 4.78 is 18.3. The van der Waals surface area contributed by atoms with E-state index in [9.17, 15) is 9.59 Å². The van der Waals surface area contributed by atoms with E-state index < -0.39 is 12.2 Å². The summed E-state index contributed by atoms with van der Waals surface area (Å²) in [6.45, 7) is 3.83. The summed E-state index contributed by atoms with van der Waals surface area (Å²) in [5.74, 6) is 0.381. The topological polar surface area (TPSA) is 104 Å². The van der Waals surface area contributed by atoms with E-state index in [0.717, 1.165) is 0 Å². The lowest BCUT2D eigenvalue weighted by Crippen LogP contribution is -2.38. The number of hydrogen-bond donors (Lipinski definition) is 0. The average Bonchev–Trinajstić information content (AvgIpc) is 3.04. The maximum Gasteiger partial charge on any atom is 0.311 e. The van der Waals surface area contributed by atoms with Crippen LogP contribution < -0.4 is 19.1 Å². The summed E-state index contributed by atoms with van der Waals surface area (Å²) in [5.41, 5.74) is 2.08. The second-order valence-electron chi connectivity index (χ2n) is 8.21. The summed E-state index contributed by atoms with van der Waals surface area (Å²) in [6, 6.07) is 10.8. The molecule has 0 bridgehead atoms. The van der Waals surface area contributed by atoms with Gasteiger partial charge >= 0.3 is 5.97 Å². The van der Waals surface area contributed by atoms with Gasteiger partial charge in [-0.15, -0.1) is 10.2 Å². The largest absolute Gasteiger partial charge is 0.497 e. The van der Waals surface area contributed by atoms with Gasteiger partial charge < -0.3 is 14.2 Å². The van der Waals surface area contributed by atoms with Crippen molar-refractivity contribution in [2.24, 2.45) is 0 Å². The van der Waals surface area contributed by atoms with Crippen molar-refractivity contribution >= 4 is 45.3 Å². The van der Waals surface area contributed by atoms with Gasteiger partial charge in [0.2, 0.25) is 23.2 Å². The summed E-state index contributed by atoms with van der Waals surface area (Å²) in [7, 11) is 1.54. The molecule has 0 saturated heterocycles. The minimum absolute atomic E-state index is 0.171. The van der Waals surface area contributed by atoms with Crippen molar-refractivity contribution in [2.75, 3.05) is 18.3 Å². The van der Waals surface area contributed by atoms with Crippen LogP contribution in [-0.4, -0.2) is 40.4 Å². The van der Waals surface area contributed by atoms with Gasteiger partial charge in [0, 0.05) is 18.4 Å². The van der Waals surface area contributed by atoms with Crippen molar-refractivity contribution in [3.63, 3.8) is 0 Å². The minimum Gasteiger partial charge on any atom is -0.497 e. The number of nitrogens with zero attached hydrogens (tertiary/aromatic N) is 4. The van der Waals surface area contributed by atoms with E-state index in [-0.39, 0.29) is 30.4 Å². The van der Waals surface area contributed by atoms with Crippen LogP contribution in [0.5, 0.6) is 17.4 Å². The van der Waals surface area contributed by atoms with Crippen molar-refractivity contribution in [3.8, 4) is 28.6 Å². The number of carbonyl (C=O) groups is 2. The molecule has 1 aromatic heterocycles. The molecule has 194 valence electrons. The molecule has 1 amide bonds. The highest BCUT2D eigenvalue weighted by atomic mass is 79.9. The van der Waals surface area contributed by atoms with E-state index in [2.05, 4.69) is 31.1 Å². The molecule has 1 atom stereocenters. The third-order valence-electron chi connectivity index (χ3n) is 5.64. The van der Waals surface area contributed by atoms with Crippen LogP contribution in [0.4, 0.5) is 5.69 Å². The van der Waals surface area contributed by atoms with Crippen LogP contribution in [0.2, 0.25) is 0 Å². The normalized spacial score (nSPS) is 14.2. The number of esters is 1. The van der Waals surface area contributed by atoms with Crippen LogP contribution >= 0.6 is 27.7 Å². The number of amides is 1. The third-order valence-corrected chi connectivity index (χ3v) is 6.77. The predicted molar refractivity (Wildman–Crippen MR) is 144 cm³/mol. The fourth-order valence-corrected chi connectivity index (χ4v) is 4.81. The standard InChI is InChI=1S/C26H27BrN4O5S/c1-5-9-20(32)31-19-12-8-7-11-16(19)22-24(28-26(37-4)30-29-22)36-25(31)17-13-15(34-3)14-18(27)23(17)35-21(33)10-6-2/h7-8,11-14,25H,5-6,9-10H2,1-4H3/t25-/m0/s1. The number of ether oxygens (including phenoxy) is 3. The number of halogens is 1. The second kappa shape index (κ2) is 11.9. The Labute approximate surface area is 228 Å². The molecule has 0 unspecified atom stereocenters.